The Hall–Kier alpha value is -1.22. The molecular formula is C11H17NO4S. The molecule has 0 aromatic heterocycles. The third-order valence-corrected chi connectivity index (χ3v) is 4.16. The highest BCUT2D eigenvalue weighted by Crippen LogP contribution is 2.42. The third-order valence-electron chi connectivity index (χ3n) is 2.19. The van der Waals surface area contributed by atoms with Gasteiger partial charge in [0.05, 0.1) is 0 Å². The van der Waals surface area contributed by atoms with Gasteiger partial charge in [-0.1, -0.05) is 5.92 Å². The lowest BCUT2D eigenvalue weighted by Gasteiger charge is -2.20. The molecule has 17 heavy (non-hydrogen) atoms. The predicted octanol–water partition coefficient (Wildman–Crippen LogP) is 1.40. The molecule has 0 saturated heterocycles. The monoisotopic (exact) mass is 259 g/mol. The molecule has 1 aliphatic carbocycles. The Morgan fingerprint density at radius 1 is 1.35 bits per heavy atom. The highest BCUT2D eigenvalue weighted by molar-refractivity contribution is 7.92. The van der Waals surface area contributed by atoms with Crippen molar-refractivity contribution in [3.05, 3.63) is 0 Å². The summed E-state index contributed by atoms with van der Waals surface area (Å²) in [5.74, 6) is 5.21. The summed E-state index contributed by atoms with van der Waals surface area (Å²) < 4.78 is 29.5. The van der Waals surface area contributed by atoms with Crippen molar-refractivity contribution in [1.82, 2.24) is 4.72 Å². The molecule has 1 N–H and O–H groups in total. The minimum Gasteiger partial charge on any atom is -0.443 e. The van der Waals surface area contributed by atoms with E-state index in [1.54, 1.807) is 27.7 Å². The van der Waals surface area contributed by atoms with Gasteiger partial charge in [0.25, 0.3) is 10.0 Å². The number of hydrogen-bond acceptors (Lipinski definition) is 4. The second kappa shape index (κ2) is 4.22. The van der Waals surface area contributed by atoms with Crippen molar-refractivity contribution < 1.29 is 17.9 Å². The molecule has 0 aliphatic heterocycles. The van der Waals surface area contributed by atoms with Gasteiger partial charge in [-0.15, -0.1) is 5.92 Å². The molecule has 0 aromatic rings. The van der Waals surface area contributed by atoms with E-state index in [1.807, 2.05) is 4.72 Å². The molecule has 1 rings (SSSR count). The zero-order chi connectivity index (χ0) is 13.3. The molecule has 0 atom stereocenters. The van der Waals surface area contributed by atoms with Crippen molar-refractivity contribution in [2.75, 3.05) is 0 Å². The molecule has 0 aromatic carbocycles. The van der Waals surface area contributed by atoms with Gasteiger partial charge < -0.3 is 4.74 Å². The predicted molar refractivity (Wildman–Crippen MR) is 63.7 cm³/mol. The van der Waals surface area contributed by atoms with E-state index >= 15 is 0 Å². The molecule has 5 nitrogen and oxygen atoms in total. The van der Waals surface area contributed by atoms with Crippen molar-refractivity contribution in [3.63, 3.8) is 0 Å². The van der Waals surface area contributed by atoms with E-state index in [4.69, 9.17) is 4.74 Å². The number of rotatable bonds is 2. The van der Waals surface area contributed by atoms with Crippen LogP contribution in [0.4, 0.5) is 4.79 Å². The van der Waals surface area contributed by atoms with Crippen LogP contribution in [0.5, 0.6) is 0 Å². The molecular weight excluding hydrogens is 242 g/mol. The van der Waals surface area contributed by atoms with E-state index in [2.05, 4.69) is 11.8 Å². The molecule has 1 amide bonds. The fraction of sp³-hybridized carbons (Fsp3) is 0.727. The first-order valence-electron chi connectivity index (χ1n) is 5.31. The summed E-state index contributed by atoms with van der Waals surface area (Å²) in [4.78, 5) is 11.4. The van der Waals surface area contributed by atoms with Crippen molar-refractivity contribution in [2.24, 2.45) is 0 Å². The van der Waals surface area contributed by atoms with Crippen molar-refractivity contribution in [1.29, 1.82) is 0 Å². The largest absolute Gasteiger partial charge is 0.443 e. The van der Waals surface area contributed by atoms with Crippen LogP contribution in [0, 0.1) is 11.8 Å². The molecule has 0 unspecified atom stereocenters. The Labute approximate surface area is 102 Å². The van der Waals surface area contributed by atoms with Gasteiger partial charge in [-0.3, -0.25) is 0 Å². The van der Waals surface area contributed by atoms with E-state index in [0.29, 0.717) is 12.8 Å². The maximum absolute atomic E-state index is 11.9. The van der Waals surface area contributed by atoms with Gasteiger partial charge in [-0.2, -0.15) is 0 Å². The molecule has 0 radical (unpaired) electrons. The van der Waals surface area contributed by atoms with Crippen LogP contribution >= 0.6 is 0 Å². The summed E-state index contributed by atoms with van der Waals surface area (Å²) in [7, 11) is -3.78. The Kier molecular flexibility index (Phi) is 3.44. The number of carbonyl (C=O) groups excluding carboxylic acids is 1. The van der Waals surface area contributed by atoms with Crippen LogP contribution in [-0.4, -0.2) is 24.9 Å². The number of ether oxygens (including phenoxy) is 1. The van der Waals surface area contributed by atoms with Gasteiger partial charge in [0.1, 0.15) is 5.60 Å². The Bertz CT molecular complexity index is 472. The smallest absolute Gasteiger partial charge is 0.421 e. The SMILES string of the molecule is CC#CC1(S(=O)(=O)NC(=O)OC(C)(C)C)CC1. The van der Waals surface area contributed by atoms with Crippen LogP contribution in [0.1, 0.15) is 40.5 Å². The van der Waals surface area contributed by atoms with E-state index in [-0.39, 0.29) is 0 Å². The van der Waals surface area contributed by atoms with Gasteiger partial charge in [0.2, 0.25) is 0 Å². The number of amides is 1. The molecule has 1 aliphatic rings. The van der Waals surface area contributed by atoms with Crippen LogP contribution in [0.15, 0.2) is 0 Å². The summed E-state index contributed by atoms with van der Waals surface area (Å²) in [5.41, 5.74) is -0.729. The first-order valence-corrected chi connectivity index (χ1v) is 6.79. The zero-order valence-electron chi connectivity index (χ0n) is 10.5. The van der Waals surface area contributed by atoms with Gasteiger partial charge in [0, 0.05) is 0 Å². The average Bonchev–Trinajstić information content (AvgIpc) is 2.80. The fourth-order valence-corrected chi connectivity index (χ4v) is 2.64. The van der Waals surface area contributed by atoms with E-state index < -0.39 is 26.5 Å². The zero-order valence-corrected chi connectivity index (χ0v) is 11.3. The van der Waals surface area contributed by atoms with E-state index in [9.17, 15) is 13.2 Å². The lowest BCUT2D eigenvalue weighted by atomic mass is 10.2. The maximum atomic E-state index is 11.9. The molecule has 0 spiro atoms. The summed E-state index contributed by atoms with van der Waals surface area (Å²) in [5, 5.41) is 0. The van der Waals surface area contributed by atoms with Crippen molar-refractivity contribution >= 4 is 16.1 Å². The molecule has 6 heteroatoms. The second-order valence-corrected chi connectivity index (χ2v) is 6.97. The van der Waals surface area contributed by atoms with Crippen molar-refractivity contribution in [2.45, 2.75) is 50.9 Å². The lowest BCUT2D eigenvalue weighted by molar-refractivity contribution is 0.0570. The quantitative estimate of drug-likeness (QED) is 0.761. The molecule has 1 saturated carbocycles. The van der Waals surface area contributed by atoms with Gasteiger partial charge in [0.15, 0.2) is 4.75 Å². The molecule has 1 fully saturated rings. The Morgan fingerprint density at radius 3 is 2.24 bits per heavy atom. The summed E-state index contributed by atoms with van der Waals surface area (Å²) in [6, 6.07) is 0. The Morgan fingerprint density at radius 2 is 1.88 bits per heavy atom. The number of hydrogen-bond donors (Lipinski definition) is 1. The van der Waals surface area contributed by atoms with Crippen LogP contribution < -0.4 is 4.72 Å². The summed E-state index contributed by atoms with van der Waals surface area (Å²) in [6.45, 7) is 6.57. The van der Waals surface area contributed by atoms with Crippen LogP contribution in [0.3, 0.4) is 0 Å². The van der Waals surface area contributed by atoms with Crippen LogP contribution in [0.25, 0.3) is 0 Å². The normalized spacial score (nSPS) is 17.6. The molecule has 0 bridgehead atoms. The van der Waals surface area contributed by atoms with Gasteiger partial charge in [-0.25, -0.2) is 17.9 Å². The average molecular weight is 259 g/mol. The minimum absolute atomic E-state index is 0.450. The first-order chi connectivity index (χ1) is 7.62. The molecule has 0 heterocycles. The number of sulfonamides is 1. The maximum Gasteiger partial charge on any atom is 0.421 e. The third kappa shape index (κ3) is 3.37. The highest BCUT2D eigenvalue weighted by atomic mass is 32.2. The number of carbonyl (C=O) groups is 1. The van der Waals surface area contributed by atoms with Gasteiger partial charge in [-0.05, 0) is 40.5 Å². The van der Waals surface area contributed by atoms with Gasteiger partial charge >= 0.3 is 6.09 Å². The summed E-state index contributed by atoms with van der Waals surface area (Å²) in [6.07, 6.45) is -0.0560. The highest BCUT2D eigenvalue weighted by Gasteiger charge is 2.54. The topological polar surface area (TPSA) is 72.5 Å². The minimum atomic E-state index is -3.78. The van der Waals surface area contributed by atoms with E-state index in [1.165, 1.54) is 0 Å². The number of nitrogens with one attached hydrogen (secondary N) is 1. The van der Waals surface area contributed by atoms with Crippen LogP contribution in [0.2, 0.25) is 0 Å². The standard InChI is InChI=1S/C11H17NO4S/c1-5-6-11(7-8-11)17(14,15)12-9(13)16-10(2,3)4/h7-8H2,1-4H3,(H,12,13). The van der Waals surface area contributed by atoms with Crippen LogP contribution in [-0.2, 0) is 14.8 Å². The fourth-order valence-electron chi connectivity index (χ4n) is 1.31. The first kappa shape index (κ1) is 13.8. The van der Waals surface area contributed by atoms with Crippen molar-refractivity contribution in [3.8, 4) is 11.8 Å². The molecule has 96 valence electrons. The summed E-state index contributed by atoms with van der Waals surface area (Å²) >= 11 is 0. The van der Waals surface area contributed by atoms with E-state index in [0.717, 1.165) is 0 Å². The lowest BCUT2D eigenvalue weighted by Crippen LogP contribution is -2.42. The Balaban J connectivity index is 2.74. The second-order valence-electron chi connectivity index (χ2n) is 4.98.